The minimum absolute atomic E-state index is 0.155. The van der Waals surface area contributed by atoms with Gasteiger partial charge in [-0.15, -0.1) is 0 Å². The van der Waals surface area contributed by atoms with Crippen LogP contribution in [-0.4, -0.2) is 81.4 Å². The highest BCUT2D eigenvalue weighted by Gasteiger charge is 2.17. The number of carboxylic acid groups (broad SMARTS) is 1. The van der Waals surface area contributed by atoms with E-state index in [0.717, 1.165) is 89.9 Å². The number of allylic oxidation sites excluding steroid dienone is 24. The highest BCUT2D eigenvalue weighted by molar-refractivity contribution is 5.69. The summed E-state index contributed by atoms with van der Waals surface area (Å²) in [5.74, 6) is -1.94. The van der Waals surface area contributed by atoms with Crippen molar-refractivity contribution in [3.05, 3.63) is 146 Å². The van der Waals surface area contributed by atoms with Crippen LogP contribution in [0, 0.1) is 0 Å². The normalized spacial score (nSPS) is 14.5. The van der Waals surface area contributed by atoms with Gasteiger partial charge in [-0.2, -0.15) is 0 Å². The molecule has 8 nitrogen and oxygen atoms in total. The molecule has 0 heterocycles. The number of rotatable bonds is 38. The molecule has 0 spiro atoms. The SMILES string of the molecule is CC/C=C\C/C=C\C/C=C\C/C=C\C/C=C\C/C=C\C/C=C\C/C=C\C/C=C\C/C=C\C/C=C\C/C=C\CCCCC(=O)OCC(O)COC(OCC[N+](C)(C)C)C(=O)[O-]. The minimum Gasteiger partial charge on any atom is -0.545 e. The van der Waals surface area contributed by atoms with Crippen LogP contribution in [0.15, 0.2) is 146 Å². The van der Waals surface area contributed by atoms with Gasteiger partial charge in [0.25, 0.3) is 0 Å². The van der Waals surface area contributed by atoms with E-state index in [1.54, 1.807) is 0 Å². The number of nitrogens with zero attached hydrogens (tertiary/aromatic N) is 1. The van der Waals surface area contributed by atoms with Gasteiger partial charge in [-0.1, -0.05) is 153 Å². The van der Waals surface area contributed by atoms with Crippen LogP contribution in [0.5, 0.6) is 0 Å². The number of carboxylic acids is 1. The van der Waals surface area contributed by atoms with E-state index < -0.39 is 24.3 Å². The van der Waals surface area contributed by atoms with Crippen molar-refractivity contribution in [2.75, 3.05) is 47.5 Å². The summed E-state index contributed by atoms with van der Waals surface area (Å²) in [7, 11) is 5.84. The quantitative estimate of drug-likeness (QED) is 0.0217. The first-order valence-electron chi connectivity index (χ1n) is 22.0. The molecule has 0 radical (unpaired) electrons. The fourth-order valence-corrected chi connectivity index (χ4v) is 4.92. The summed E-state index contributed by atoms with van der Waals surface area (Å²) in [5.41, 5.74) is 0. The number of hydrogen-bond donors (Lipinski definition) is 1. The second-order valence-electron chi connectivity index (χ2n) is 15.1. The first kappa shape index (κ1) is 55.7. The molecule has 60 heavy (non-hydrogen) atoms. The van der Waals surface area contributed by atoms with E-state index in [1.807, 2.05) is 21.1 Å². The zero-order valence-electron chi connectivity index (χ0n) is 37.5. The van der Waals surface area contributed by atoms with Crippen LogP contribution in [0.3, 0.4) is 0 Å². The summed E-state index contributed by atoms with van der Waals surface area (Å²) in [6, 6.07) is 0. The number of hydrogen-bond acceptors (Lipinski definition) is 7. The van der Waals surface area contributed by atoms with Gasteiger partial charge < -0.3 is 33.7 Å². The number of ether oxygens (including phenoxy) is 3. The van der Waals surface area contributed by atoms with Crippen LogP contribution in [0.2, 0.25) is 0 Å². The molecular weight excluding hydrogens is 751 g/mol. The summed E-state index contributed by atoms with van der Waals surface area (Å²) < 4.78 is 16.0. The van der Waals surface area contributed by atoms with Gasteiger partial charge in [0.2, 0.25) is 0 Å². The van der Waals surface area contributed by atoms with E-state index >= 15 is 0 Å². The third-order valence-corrected chi connectivity index (χ3v) is 8.33. The molecule has 0 fully saturated rings. The number of quaternary nitrogens is 1. The predicted octanol–water partition coefficient (Wildman–Crippen LogP) is 10.6. The molecule has 8 heteroatoms. The van der Waals surface area contributed by atoms with E-state index in [-0.39, 0.29) is 26.2 Å². The van der Waals surface area contributed by atoms with E-state index in [0.29, 0.717) is 17.4 Å². The van der Waals surface area contributed by atoms with Crippen molar-refractivity contribution in [1.82, 2.24) is 0 Å². The van der Waals surface area contributed by atoms with E-state index in [9.17, 15) is 19.8 Å². The molecule has 334 valence electrons. The maximum absolute atomic E-state index is 12.0. The molecule has 0 saturated carbocycles. The Hall–Kier alpha value is -4.34. The standard InChI is InChI=1S/C52H79NO7/c1-5-6-7-8-9-10-11-12-13-14-15-16-17-18-19-20-21-22-23-24-25-26-27-28-29-30-31-32-33-34-35-36-37-38-39-40-41-42-43-44-50(55)59-47-49(54)48-60-52(51(56)57)58-46-45-53(2,3)4/h6-7,9-10,12-13,15-16,18-19,21-22,24-25,27-28,30-31,33-34,36-37,39-40,49,52,54H,5,8,11,14,17,20,23,26,29,32,35,38,41-48H2,1-4H3/b7-6-,10-9-,13-12-,16-15-,19-18-,22-21-,25-24-,28-27-,31-30-,34-33-,37-36-,40-39-. The first-order valence-corrected chi connectivity index (χ1v) is 22.0. The fourth-order valence-electron chi connectivity index (χ4n) is 4.92. The molecule has 1 N–H and O–H groups in total. The topological polar surface area (TPSA) is 105 Å². The Labute approximate surface area is 364 Å². The zero-order chi connectivity index (χ0) is 44.0. The van der Waals surface area contributed by atoms with Crippen molar-refractivity contribution < 1.29 is 38.5 Å². The summed E-state index contributed by atoms with van der Waals surface area (Å²) in [5, 5.41) is 21.2. The fraction of sp³-hybridized carbons (Fsp3) is 0.500. The Bertz CT molecular complexity index is 1420. The average molecular weight is 830 g/mol. The van der Waals surface area contributed by atoms with Gasteiger partial charge in [0.1, 0.15) is 19.3 Å². The average Bonchev–Trinajstić information content (AvgIpc) is 3.21. The predicted molar refractivity (Wildman–Crippen MR) is 250 cm³/mol. The Morgan fingerprint density at radius 1 is 0.517 bits per heavy atom. The van der Waals surface area contributed by atoms with Gasteiger partial charge in [-0.05, 0) is 96.3 Å². The van der Waals surface area contributed by atoms with Gasteiger partial charge in [0, 0.05) is 6.42 Å². The number of likely N-dealkylation sites (N-methyl/N-ethyl adjacent to an activating group) is 1. The van der Waals surface area contributed by atoms with Crippen LogP contribution in [-0.2, 0) is 23.8 Å². The molecule has 2 atom stereocenters. The molecule has 0 rings (SSSR count). The van der Waals surface area contributed by atoms with Crippen molar-refractivity contribution in [2.45, 2.75) is 122 Å². The van der Waals surface area contributed by atoms with Crippen molar-refractivity contribution in [3.63, 3.8) is 0 Å². The Morgan fingerprint density at radius 2 is 0.867 bits per heavy atom. The lowest BCUT2D eigenvalue weighted by molar-refractivity contribution is -0.870. The number of aliphatic carboxylic acids is 1. The molecule has 0 aliphatic rings. The van der Waals surface area contributed by atoms with Gasteiger partial charge >= 0.3 is 5.97 Å². The Morgan fingerprint density at radius 3 is 1.20 bits per heavy atom. The van der Waals surface area contributed by atoms with E-state index in [4.69, 9.17) is 14.2 Å². The molecule has 0 aromatic rings. The Kier molecular flexibility index (Phi) is 39.7. The van der Waals surface area contributed by atoms with Gasteiger partial charge in [-0.25, -0.2) is 0 Å². The highest BCUT2D eigenvalue weighted by Crippen LogP contribution is 2.05. The molecule has 0 amide bonds. The maximum Gasteiger partial charge on any atom is 0.305 e. The molecular formula is C52H79NO7. The van der Waals surface area contributed by atoms with Crippen molar-refractivity contribution >= 4 is 11.9 Å². The summed E-state index contributed by atoms with van der Waals surface area (Å²) in [6.45, 7) is 2.26. The van der Waals surface area contributed by atoms with Crippen molar-refractivity contribution in [2.24, 2.45) is 0 Å². The monoisotopic (exact) mass is 830 g/mol. The summed E-state index contributed by atoms with van der Waals surface area (Å²) in [4.78, 5) is 23.2. The lowest BCUT2D eigenvalue weighted by atomic mass is 10.2. The largest absolute Gasteiger partial charge is 0.545 e. The first-order chi connectivity index (χ1) is 29.2. The molecule has 0 saturated heterocycles. The second-order valence-corrected chi connectivity index (χ2v) is 15.1. The van der Waals surface area contributed by atoms with Gasteiger partial charge in [0.05, 0.1) is 40.3 Å². The lowest BCUT2D eigenvalue weighted by Gasteiger charge is -2.26. The van der Waals surface area contributed by atoms with Crippen LogP contribution >= 0.6 is 0 Å². The van der Waals surface area contributed by atoms with E-state index in [2.05, 4.69) is 153 Å². The number of unbranched alkanes of at least 4 members (excludes halogenated alkanes) is 2. The van der Waals surface area contributed by atoms with Gasteiger partial charge in [-0.3, -0.25) is 4.79 Å². The Balaban J connectivity index is 3.75. The lowest BCUT2D eigenvalue weighted by Crippen LogP contribution is -2.44. The second kappa shape index (κ2) is 42.8. The molecule has 2 unspecified atom stereocenters. The third-order valence-electron chi connectivity index (χ3n) is 8.33. The van der Waals surface area contributed by atoms with Crippen molar-refractivity contribution in [3.8, 4) is 0 Å². The zero-order valence-corrected chi connectivity index (χ0v) is 37.5. The van der Waals surface area contributed by atoms with Crippen LogP contribution in [0.25, 0.3) is 0 Å². The van der Waals surface area contributed by atoms with Crippen LogP contribution in [0.4, 0.5) is 0 Å². The molecule has 0 aromatic carbocycles. The number of aliphatic hydroxyl groups is 1. The number of aliphatic hydroxyl groups excluding tert-OH is 1. The third kappa shape index (κ3) is 44.8. The highest BCUT2D eigenvalue weighted by atomic mass is 16.7. The van der Waals surface area contributed by atoms with Crippen LogP contribution in [0.1, 0.15) is 110 Å². The maximum atomic E-state index is 12.0. The van der Waals surface area contributed by atoms with Gasteiger partial charge in [0.15, 0.2) is 6.29 Å². The molecule has 0 aromatic heterocycles. The number of carbonyl (C=O) groups excluding carboxylic acids is 2. The molecule has 0 aliphatic heterocycles. The number of esters is 1. The molecule has 0 aliphatic carbocycles. The van der Waals surface area contributed by atoms with Crippen molar-refractivity contribution in [1.29, 1.82) is 0 Å². The number of carbonyl (C=O) groups is 2. The smallest absolute Gasteiger partial charge is 0.305 e. The summed E-state index contributed by atoms with van der Waals surface area (Å²) in [6.07, 6.45) is 64.5. The minimum atomic E-state index is -1.59. The summed E-state index contributed by atoms with van der Waals surface area (Å²) >= 11 is 0. The van der Waals surface area contributed by atoms with Crippen LogP contribution < -0.4 is 5.11 Å². The molecule has 0 bridgehead atoms. The van der Waals surface area contributed by atoms with E-state index in [1.165, 1.54) is 0 Å².